The summed E-state index contributed by atoms with van der Waals surface area (Å²) in [6.07, 6.45) is 1.06. The highest BCUT2D eigenvalue weighted by Gasteiger charge is 2.11. The molecule has 0 aliphatic heterocycles. The largest absolute Gasteiger partial charge is 0.345 e. The lowest BCUT2D eigenvalue weighted by molar-refractivity contribution is -0.122. The van der Waals surface area contributed by atoms with Crippen LogP contribution in [-0.2, 0) is 16.0 Å². The maximum atomic E-state index is 11.1. The number of nitrogens with two attached hydrogens (primary N) is 1. The van der Waals surface area contributed by atoms with Crippen molar-refractivity contribution in [3.63, 3.8) is 0 Å². The van der Waals surface area contributed by atoms with E-state index in [1.54, 1.807) is 24.3 Å². The zero-order chi connectivity index (χ0) is 13.5. The van der Waals surface area contributed by atoms with Crippen molar-refractivity contribution in [2.75, 3.05) is 6.54 Å². The fourth-order valence-corrected chi connectivity index (χ4v) is 1.53. The molecule has 1 amide bonds. The highest BCUT2D eigenvalue weighted by atomic mass is 16.2. The van der Waals surface area contributed by atoms with E-state index in [0.717, 1.165) is 5.56 Å². The molecule has 3 N–H and O–H groups in total. The first-order chi connectivity index (χ1) is 8.56. The van der Waals surface area contributed by atoms with Crippen LogP contribution in [0.3, 0.4) is 0 Å². The fourth-order valence-electron chi connectivity index (χ4n) is 1.53. The van der Waals surface area contributed by atoms with Crippen molar-refractivity contribution in [2.24, 2.45) is 5.73 Å². The monoisotopic (exact) mass is 248 g/mol. The molecule has 0 aliphatic carbocycles. The van der Waals surface area contributed by atoms with Gasteiger partial charge in [-0.3, -0.25) is 9.59 Å². The summed E-state index contributed by atoms with van der Waals surface area (Å²) in [7, 11) is 0. The Balaban J connectivity index is 2.67. The molecule has 1 aromatic rings. The molecule has 1 atom stereocenters. The molecule has 0 fully saturated rings. The van der Waals surface area contributed by atoms with Gasteiger partial charge in [-0.2, -0.15) is 0 Å². The Morgan fingerprint density at radius 1 is 1.33 bits per heavy atom. The molecule has 0 spiro atoms. The molecule has 0 aromatic heterocycles. The van der Waals surface area contributed by atoms with Crippen LogP contribution in [0.4, 0.5) is 0 Å². The summed E-state index contributed by atoms with van der Waals surface area (Å²) in [6, 6.07) is 6.34. The molecule has 0 aliphatic rings. The zero-order valence-electron chi connectivity index (χ0n) is 10.2. The average Bonchev–Trinajstić information content (AvgIpc) is 2.38. The summed E-state index contributed by atoms with van der Waals surface area (Å²) in [5.74, 6) is -0.377. The normalized spacial score (nSPS) is 11.7. The molecule has 18 heavy (non-hydrogen) atoms. The third-order valence-corrected chi connectivity index (χ3v) is 2.51. The fraction of sp³-hybridized carbons (Fsp3) is 0.308. The number of amides is 1. The van der Waals surface area contributed by atoms with Gasteiger partial charge in [0.2, 0.25) is 5.91 Å². The quantitative estimate of drug-likeness (QED) is 0.551. The van der Waals surface area contributed by atoms with Crippen LogP contribution in [0, 0.1) is 0 Å². The number of hydrogen-bond acceptors (Lipinski definition) is 4. The lowest BCUT2D eigenvalue weighted by Crippen LogP contribution is -2.40. The first-order valence-electron chi connectivity index (χ1n) is 5.61. The van der Waals surface area contributed by atoms with Crippen LogP contribution < -0.4 is 11.1 Å². The third-order valence-electron chi connectivity index (χ3n) is 2.51. The van der Waals surface area contributed by atoms with Crippen LogP contribution in [0.25, 0.3) is 0 Å². The highest BCUT2D eigenvalue weighted by molar-refractivity contribution is 5.94. The molecule has 96 valence electrons. The van der Waals surface area contributed by atoms with E-state index >= 15 is 0 Å². The third kappa shape index (κ3) is 4.10. The van der Waals surface area contributed by atoms with Crippen molar-refractivity contribution in [3.8, 4) is 0 Å². The minimum atomic E-state index is -0.593. The first-order valence-corrected chi connectivity index (χ1v) is 5.61. The van der Waals surface area contributed by atoms with E-state index < -0.39 is 6.04 Å². The summed E-state index contributed by atoms with van der Waals surface area (Å²) in [6.45, 7) is 1.35. The van der Waals surface area contributed by atoms with Gasteiger partial charge in [-0.1, -0.05) is 24.3 Å². The standard InChI is InChI=1S/C13H16N2O3/c1-9(17)11-4-2-10(3-5-11)6-12(8-16)15-13(18)7-14/h2-5,8,12H,6-7,14H2,1H3,(H,15,18). The van der Waals surface area contributed by atoms with E-state index in [-0.39, 0.29) is 18.2 Å². The number of aldehydes is 1. The predicted molar refractivity (Wildman–Crippen MR) is 67.2 cm³/mol. The van der Waals surface area contributed by atoms with E-state index in [4.69, 9.17) is 5.73 Å². The molecule has 1 unspecified atom stereocenters. The summed E-state index contributed by atoms with van der Waals surface area (Å²) in [5.41, 5.74) is 6.64. The number of nitrogens with one attached hydrogen (secondary N) is 1. The second-order valence-electron chi connectivity index (χ2n) is 3.97. The minimum Gasteiger partial charge on any atom is -0.345 e. The predicted octanol–water partition coefficient (Wildman–Crippen LogP) is 0.0741. The lowest BCUT2D eigenvalue weighted by atomic mass is 10.0. The van der Waals surface area contributed by atoms with Crippen LogP contribution in [0.15, 0.2) is 24.3 Å². The number of benzene rings is 1. The van der Waals surface area contributed by atoms with E-state index in [9.17, 15) is 14.4 Å². The Bertz CT molecular complexity index is 440. The molecule has 1 aromatic carbocycles. The van der Waals surface area contributed by atoms with Crippen molar-refractivity contribution in [1.82, 2.24) is 5.32 Å². The van der Waals surface area contributed by atoms with Crippen molar-refractivity contribution < 1.29 is 14.4 Å². The Morgan fingerprint density at radius 3 is 2.39 bits per heavy atom. The number of hydrogen-bond donors (Lipinski definition) is 2. The minimum absolute atomic E-state index is 0.00933. The van der Waals surface area contributed by atoms with E-state index in [1.165, 1.54) is 6.92 Å². The molecule has 0 bridgehead atoms. The van der Waals surface area contributed by atoms with Gasteiger partial charge < -0.3 is 15.8 Å². The summed E-state index contributed by atoms with van der Waals surface area (Å²) < 4.78 is 0. The van der Waals surface area contributed by atoms with E-state index in [2.05, 4.69) is 5.32 Å². The van der Waals surface area contributed by atoms with Gasteiger partial charge in [-0.25, -0.2) is 0 Å². The molecule has 0 saturated carbocycles. The smallest absolute Gasteiger partial charge is 0.234 e. The Hall–Kier alpha value is -2.01. The molecular formula is C13H16N2O3. The first kappa shape index (κ1) is 14.1. The number of rotatable bonds is 6. The summed E-state index contributed by atoms with van der Waals surface area (Å²) in [5, 5.41) is 2.50. The topological polar surface area (TPSA) is 89.3 Å². The van der Waals surface area contributed by atoms with Gasteiger partial charge in [0.25, 0.3) is 0 Å². The second kappa shape index (κ2) is 6.66. The number of carbonyl (C=O) groups excluding carboxylic acids is 3. The van der Waals surface area contributed by atoms with E-state index in [1.807, 2.05) is 0 Å². The van der Waals surface area contributed by atoms with Gasteiger partial charge >= 0.3 is 0 Å². The van der Waals surface area contributed by atoms with Gasteiger partial charge in [0.1, 0.15) is 6.29 Å². The maximum absolute atomic E-state index is 11.1. The Kier molecular flexibility index (Phi) is 5.20. The van der Waals surface area contributed by atoms with Crippen molar-refractivity contribution in [2.45, 2.75) is 19.4 Å². The van der Waals surface area contributed by atoms with Gasteiger partial charge in [-0.15, -0.1) is 0 Å². The number of Topliss-reactive ketones (excluding diaryl/α,β-unsaturated/α-hetero) is 1. The van der Waals surface area contributed by atoms with Crippen molar-refractivity contribution in [3.05, 3.63) is 35.4 Å². The molecule has 0 radical (unpaired) electrons. The molecule has 5 heteroatoms. The number of ketones is 1. The lowest BCUT2D eigenvalue weighted by Gasteiger charge is -2.12. The second-order valence-corrected chi connectivity index (χ2v) is 3.97. The molecule has 0 saturated heterocycles. The van der Waals surface area contributed by atoms with E-state index in [0.29, 0.717) is 18.3 Å². The van der Waals surface area contributed by atoms with Crippen LogP contribution in [-0.4, -0.2) is 30.6 Å². The molecule has 0 heterocycles. The van der Waals surface area contributed by atoms with Crippen molar-refractivity contribution in [1.29, 1.82) is 0 Å². The van der Waals surface area contributed by atoms with Gasteiger partial charge in [0, 0.05) is 5.56 Å². The van der Waals surface area contributed by atoms with Gasteiger partial charge in [-0.05, 0) is 18.9 Å². The summed E-state index contributed by atoms with van der Waals surface area (Å²) >= 11 is 0. The van der Waals surface area contributed by atoms with Crippen LogP contribution >= 0.6 is 0 Å². The Morgan fingerprint density at radius 2 is 1.94 bits per heavy atom. The van der Waals surface area contributed by atoms with Crippen LogP contribution in [0.5, 0.6) is 0 Å². The zero-order valence-corrected chi connectivity index (χ0v) is 10.2. The average molecular weight is 248 g/mol. The van der Waals surface area contributed by atoms with Crippen molar-refractivity contribution >= 4 is 18.0 Å². The SMILES string of the molecule is CC(=O)c1ccc(CC(C=O)NC(=O)CN)cc1. The maximum Gasteiger partial charge on any atom is 0.234 e. The molecule has 5 nitrogen and oxygen atoms in total. The Labute approximate surface area is 105 Å². The molecular weight excluding hydrogens is 232 g/mol. The van der Waals surface area contributed by atoms with Gasteiger partial charge in [0.15, 0.2) is 5.78 Å². The van der Waals surface area contributed by atoms with Gasteiger partial charge in [0.05, 0.1) is 12.6 Å². The van der Waals surface area contributed by atoms with Crippen LogP contribution in [0.1, 0.15) is 22.8 Å². The highest BCUT2D eigenvalue weighted by Crippen LogP contribution is 2.07. The molecule has 1 rings (SSSR count). The summed E-state index contributed by atoms with van der Waals surface area (Å²) in [4.78, 5) is 33.0. The van der Waals surface area contributed by atoms with Crippen LogP contribution in [0.2, 0.25) is 0 Å². The number of carbonyl (C=O) groups is 3.